The number of carbonyl (C=O) groups is 4. The Labute approximate surface area is 292 Å². The molecule has 0 aliphatic heterocycles. The first-order valence-corrected chi connectivity index (χ1v) is 16.9. The number of carbonyl (C=O) groups excluding carboxylic acids is 4. The topological polar surface area (TPSA) is 135 Å². The van der Waals surface area contributed by atoms with Crippen LogP contribution in [0.1, 0.15) is 78.1 Å². The van der Waals surface area contributed by atoms with E-state index in [0.29, 0.717) is 19.3 Å². The summed E-state index contributed by atoms with van der Waals surface area (Å²) < 4.78 is 34.9. The second-order valence-electron chi connectivity index (χ2n) is 13.7. The van der Waals surface area contributed by atoms with Gasteiger partial charge in [-0.2, -0.15) is 0 Å². The maximum atomic E-state index is 13.9. The van der Waals surface area contributed by atoms with Gasteiger partial charge >= 0.3 is 17.9 Å². The number of esters is 3. The van der Waals surface area contributed by atoms with Crippen molar-refractivity contribution < 1.29 is 46.6 Å². The summed E-state index contributed by atoms with van der Waals surface area (Å²) in [4.78, 5) is 52.2. The first-order valence-electron chi connectivity index (χ1n) is 16.1. The van der Waals surface area contributed by atoms with E-state index in [9.17, 15) is 19.2 Å². The molecule has 0 N–H and O–H groups in total. The SMILES string of the molecule is C[C@@H]1C[C@H]2[C@@H]3CCC4=CC(=O)C=C[C@]4(C)[C@@]3(Cl)[C@@H](OC(=O)c3ccco3)C[C@]2(C)[C@@]1(OC(=O)c1ccco1)/C(=C/Cl)OC(=O)c1ccco1. The summed E-state index contributed by atoms with van der Waals surface area (Å²) in [5.41, 5.74) is -1.71. The standard InChI is InChI=1S/C37H34Cl2O10/c1-21-17-25-24-11-10-22-18-23(40)12-13-34(22,2)36(24,39)29(47-31(41)26-7-4-14-44-26)19-35(25,3)37(21,49-33(43)28-9-6-16-46-28)30(20-38)48-32(42)27-8-5-15-45-27/h4-9,12-16,18,20-21,24-25,29H,10-11,17,19H2,1-3H3/b30-20-/t21-,24+,25+,29+,34+,35+,36+,37+/m1/s1. The lowest BCUT2D eigenvalue weighted by molar-refractivity contribution is -0.163. The highest BCUT2D eigenvalue weighted by Crippen LogP contribution is 2.73. The number of furan rings is 3. The predicted molar refractivity (Wildman–Crippen MR) is 174 cm³/mol. The summed E-state index contributed by atoms with van der Waals surface area (Å²) >= 11 is 14.5. The van der Waals surface area contributed by atoms with Gasteiger partial charge in [-0.15, -0.1) is 11.6 Å². The van der Waals surface area contributed by atoms with Crippen molar-refractivity contribution >= 4 is 46.9 Å². The molecule has 0 bridgehead atoms. The number of allylic oxidation sites excluding steroid dienone is 4. The Morgan fingerprint density at radius 2 is 1.53 bits per heavy atom. The van der Waals surface area contributed by atoms with Gasteiger partial charge in [0.15, 0.2) is 17.1 Å². The Morgan fingerprint density at radius 1 is 0.918 bits per heavy atom. The van der Waals surface area contributed by atoms with Gasteiger partial charge in [0, 0.05) is 22.3 Å². The van der Waals surface area contributed by atoms with E-state index in [1.165, 1.54) is 43.1 Å². The van der Waals surface area contributed by atoms with Crippen LogP contribution in [0.3, 0.4) is 0 Å². The smallest absolute Gasteiger partial charge is 0.379 e. The molecule has 12 heteroatoms. The molecule has 0 amide bonds. The van der Waals surface area contributed by atoms with E-state index < -0.39 is 51.2 Å². The molecule has 0 aromatic carbocycles. The zero-order valence-electron chi connectivity index (χ0n) is 27.0. The van der Waals surface area contributed by atoms with Crippen LogP contribution >= 0.6 is 23.2 Å². The van der Waals surface area contributed by atoms with Crippen LogP contribution in [0.4, 0.5) is 0 Å². The van der Waals surface area contributed by atoms with Gasteiger partial charge in [-0.25, -0.2) is 14.4 Å². The summed E-state index contributed by atoms with van der Waals surface area (Å²) in [7, 11) is 0. The fourth-order valence-corrected chi connectivity index (χ4v) is 10.1. The lowest BCUT2D eigenvalue weighted by Crippen LogP contribution is -2.69. The Hall–Kier alpha value is -4.28. The monoisotopic (exact) mass is 708 g/mol. The summed E-state index contributed by atoms with van der Waals surface area (Å²) in [6, 6.07) is 9.10. The molecule has 3 aromatic heterocycles. The summed E-state index contributed by atoms with van der Waals surface area (Å²) in [5, 5.41) is 0. The van der Waals surface area contributed by atoms with Crippen molar-refractivity contribution in [1.29, 1.82) is 0 Å². The summed E-state index contributed by atoms with van der Waals surface area (Å²) in [6.07, 6.45) is 9.62. The molecule has 3 aromatic rings. The van der Waals surface area contributed by atoms with Crippen LogP contribution in [0.2, 0.25) is 0 Å². The van der Waals surface area contributed by atoms with E-state index in [4.69, 9.17) is 50.7 Å². The van der Waals surface area contributed by atoms with Gasteiger partial charge < -0.3 is 27.5 Å². The number of hydrogen-bond acceptors (Lipinski definition) is 10. The molecule has 0 spiro atoms. The number of hydrogen-bond donors (Lipinski definition) is 0. The molecule has 4 aliphatic rings. The average molecular weight is 710 g/mol. The van der Waals surface area contributed by atoms with Crippen molar-refractivity contribution in [2.75, 3.05) is 0 Å². The first kappa shape index (κ1) is 33.2. The summed E-state index contributed by atoms with van der Waals surface area (Å²) in [5.74, 6) is -3.89. The maximum absolute atomic E-state index is 13.9. The van der Waals surface area contributed by atoms with Gasteiger partial charge in [0.2, 0.25) is 17.3 Å². The minimum atomic E-state index is -1.69. The van der Waals surface area contributed by atoms with Gasteiger partial charge in [-0.1, -0.05) is 44.0 Å². The molecule has 4 aliphatic carbocycles. The highest BCUT2D eigenvalue weighted by Gasteiger charge is 2.77. The van der Waals surface area contributed by atoms with Gasteiger partial charge in [0.1, 0.15) is 6.10 Å². The number of rotatable bonds is 7. The molecule has 3 fully saturated rings. The number of ether oxygens (including phenoxy) is 3. The lowest BCUT2D eigenvalue weighted by Gasteiger charge is -2.64. The second kappa shape index (κ2) is 11.9. The van der Waals surface area contributed by atoms with Gasteiger partial charge in [0.25, 0.3) is 0 Å². The van der Waals surface area contributed by atoms with E-state index in [1.54, 1.807) is 24.3 Å². The third-order valence-electron chi connectivity index (χ3n) is 11.5. The number of ketones is 1. The molecule has 0 saturated heterocycles. The van der Waals surface area contributed by atoms with E-state index in [-0.39, 0.29) is 47.1 Å². The maximum Gasteiger partial charge on any atom is 0.379 e. The van der Waals surface area contributed by atoms with Crippen LogP contribution in [-0.2, 0) is 19.0 Å². The Bertz CT molecular complexity index is 1870. The Balaban J connectivity index is 1.39. The molecule has 0 unspecified atom stereocenters. The molecule has 8 atom stereocenters. The molecule has 10 nitrogen and oxygen atoms in total. The fraction of sp³-hybridized carbons (Fsp3) is 0.405. The van der Waals surface area contributed by atoms with Crippen LogP contribution in [0, 0.1) is 28.6 Å². The highest BCUT2D eigenvalue weighted by atomic mass is 35.5. The molecule has 3 saturated carbocycles. The van der Waals surface area contributed by atoms with Crippen LogP contribution in [0.5, 0.6) is 0 Å². The zero-order valence-corrected chi connectivity index (χ0v) is 28.5. The second-order valence-corrected chi connectivity index (χ2v) is 14.5. The highest BCUT2D eigenvalue weighted by molar-refractivity contribution is 6.26. The average Bonchev–Trinajstić information content (AvgIpc) is 3.91. The molecule has 0 radical (unpaired) electrons. The van der Waals surface area contributed by atoms with Crippen molar-refractivity contribution in [3.05, 3.63) is 108 Å². The lowest BCUT2D eigenvalue weighted by atomic mass is 9.45. The molecule has 3 heterocycles. The van der Waals surface area contributed by atoms with E-state index in [1.807, 2.05) is 26.8 Å². The summed E-state index contributed by atoms with van der Waals surface area (Å²) in [6.45, 7) is 5.79. The van der Waals surface area contributed by atoms with E-state index in [0.717, 1.165) is 11.1 Å². The third kappa shape index (κ3) is 4.81. The number of alkyl halides is 1. The van der Waals surface area contributed by atoms with Crippen molar-refractivity contribution in [2.45, 2.75) is 63.0 Å². The van der Waals surface area contributed by atoms with Gasteiger partial charge in [-0.3, -0.25) is 4.79 Å². The minimum absolute atomic E-state index is 0.0146. The fourth-order valence-electron chi connectivity index (χ4n) is 9.31. The Kier molecular flexibility index (Phi) is 8.10. The van der Waals surface area contributed by atoms with Crippen molar-refractivity contribution in [3.63, 3.8) is 0 Å². The molecule has 7 rings (SSSR count). The first-order chi connectivity index (χ1) is 23.4. The molecule has 256 valence electrons. The minimum Gasteiger partial charge on any atom is -0.457 e. The zero-order chi connectivity index (χ0) is 34.8. The number of fused-ring (bicyclic) bond motifs is 5. The molecular weight excluding hydrogens is 675 g/mol. The van der Waals surface area contributed by atoms with Crippen LogP contribution in [-0.4, -0.2) is 40.3 Å². The van der Waals surface area contributed by atoms with Crippen LogP contribution in [0.25, 0.3) is 0 Å². The van der Waals surface area contributed by atoms with Crippen molar-refractivity contribution in [1.82, 2.24) is 0 Å². The van der Waals surface area contributed by atoms with Gasteiger partial charge in [-0.05, 0) is 86.1 Å². The molecule has 49 heavy (non-hydrogen) atoms. The van der Waals surface area contributed by atoms with Crippen molar-refractivity contribution in [2.24, 2.45) is 28.6 Å². The van der Waals surface area contributed by atoms with E-state index in [2.05, 4.69) is 0 Å². The van der Waals surface area contributed by atoms with Crippen molar-refractivity contribution in [3.8, 4) is 0 Å². The Morgan fingerprint density at radius 3 is 2.12 bits per heavy atom. The van der Waals surface area contributed by atoms with Crippen LogP contribution in [0.15, 0.2) is 104 Å². The predicted octanol–water partition coefficient (Wildman–Crippen LogP) is 8.05. The van der Waals surface area contributed by atoms with Crippen LogP contribution < -0.4 is 0 Å². The number of halogens is 2. The third-order valence-corrected chi connectivity index (χ3v) is 12.6. The quantitative estimate of drug-likeness (QED) is 0.103. The van der Waals surface area contributed by atoms with E-state index >= 15 is 0 Å². The van der Waals surface area contributed by atoms with Gasteiger partial charge in [0.05, 0.1) is 23.7 Å². The largest absolute Gasteiger partial charge is 0.457 e. The normalized spacial score (nSPS) is 35.1. The molecular formula is C37H34Cl2O10.